The molecule has 0 spiro atoms. The van der Waals surface area contributed by atoms with Crippen LogP contribution >= 0.6 is 15.9 Å². The Labute approximate surface area is 189 Å². The number of nitrogens with zero attached hydrogens (tertiary/aromatic N) is 2. The largest absolute Gasteiger partial charge is 0.455 e. The molecule has 2 aromatic carbocycles. The number of hydrogen-bond acceptors (Lipinski definition) is 3. The Bertz CT molecular complexity index is 1250. The van der Waals surface area contributed by atoms with Gasteiger partial charge in [0.2, 0.25) is 0 Å². The molecule has 0 fully saturated rings. The molecule has 0 unspecified atom stereocenters. The van der Waals surface area contributed by atoms with Gasteiger partial charge in [-0.3, -0.25) is 4.79 Å². The lowest BCUT2D eigenvalue weighted by Gasteiger charge is -2.09. The molecule has 0 bridgehead atoms. The number of hydrogen-bond donors (Lipinski definition) is 1. The summed E-state index contributed by atoms with van der Waals surface area (Å²) >= 11 is 3.56. The molecule has 5 nitrogen and oxygen atoms in total. The minimum Gasteiger partial charge on any atom is -0.455 e. The monoisotopic (exact) mass is 475 g/mol. The van der Waals surface area contributed by atoms with Crippen LogP contribution < -0.4 is 5.43 Å². The van der Waals surface area contributed by atoms with Gasteiger partial charge in [0.25, 0.3) is 5.91 Å². The molecule has 1 N–H and O–H groups in total. The first kappa shape index (κ1) is 20.9. The van der Waals surface area contributed by atoms with Crippen molar-refractivity contribution in [2.75, 3.05) is 0 Å². The van der Waals surface area contributed by atoms with Crippen LogP contribution in [0, 0.1) is 20.8 Å². The van der Waals surface area contributed by atoms with Crippen molar-refractivity contribution in [3.05, 3.63) is 99.5 Å². The number of carbonyl (C=O) groups is 1. The van der Waals surface area contributed by atoms with Crippen molar-refractivity contribution < 1.29 is 9.21 Å². The van der Waals surface area contributed by atoms with Crippen LogP contribution in [0.4, 0.5) is 0 Å². The molecule has 156 valence electrons. The van der Waals surface area contributed by atoms with Gasteiger partial charge in [0.05, 0.1) is 6.21 Å². The van der Waals surface area contributed by atoms with Crippen LogP contribution in [0.5, 0.6) is 0 Å². The molecule has 2 aromatic heterocycles. The summed E-state index contributed by atoms with van der Waals surface area (Å²) in [5.41, 5.74) is 8.52. The zero-order chi connectivity index (χ0) is 22.0. The van der Waals surface area contributed by atoms with Crippen molar-refractivity contribution in [2.45, 2.75) is 20.8 Å². The standard InChI is InChI=1S/C25H22BrN3O2/c1-16-4-12-22(23(26)14-16)24-13-11-21(31-24)15-27-28-25(30)19-7-9-20(10-8-19)29-17(2)5-6-18(29)3/h4-15H,1-3H3,(H,28,30)/b27-15-. The lowest BCUT2D eigenvalue weighted by Crippen LogP contribution is -2.17. The van der Waals surface area contributed by atoms with Crippen molar-refractivity contribution in [2.24, 2.45) is 5.10 Å². The van der Waals surface area contributed by atoms with Gasteiger partial charge in [-0.15, -0.1) is 0 Å². The number of halogens is 1. The Morgan fingerprint density at radius 2 is 1.68 bits per heavy atom. The van der Waals surface area contributed by atoms with Crippen LogP contribution in [0.1, 0.15) is 33.1 Å². The van der Waals surface area contributed by atoms with E-state index in [2.05, 4.69) is 57.0 Å². The molecule has 4 aromatic rings. The Kier molecular flexibility index (Phi) is 5.91. The van der Waals surface area contributed by atoms with Crippen molar-refractivity contribution in [1.29, 1.82) is 0 Å². The van der Waals surface area contributed by atoms with Gasteiger partial charge >= 0.3 is 0 Å². The topological polar surface area (TPSA) is 59.5 Å². The number of aromatic nitrogens is 1. The zero-order valence-electron chi connectivity index (χ0n) is 17.5. The number of benzene rings is 2. The number of carbonyl (C=O) groups excluding carboxylic acids is 1. The Morgan fingerprint density at radius 3 is 2.35 bits per heavy atom. The van der Waals surface area contributed by atoms with E-state index in [1.807, 2.05) is 49.4 Å². The van der Waals surface area contributed by atoms with Gasteiger partial charge in [-0.1, -0.05) is 22.0 Å². The molecule has 31 heavy (non-hydrogen) atoms. The number of amides is 1. The summed E-state index contributed by atoms with van der Waals surface area (Å²) in [4.78, 5) is 12.4. The van der Waals surface area contributed by atoms with Crippen LogP contribution in [-0.2, 0) is 0 Å². The van der Waals surface area contributed by atoms with Crippen LogP contribution in [0.15, 0.2) is 80.7 Å². The highest BCUT2D eigenvalue weighted by Gasteiger charge is 2.09. The highest BCUT2D eigenvalue weighted by Crippen LogP contribution is 2.30. The number of nitrogens with one attached hydrogen (secondary N) is 1. The first-order valence-electron chi connectivity index (χ1n) is 9.87. The number of rotatable bonds is 5. The second kappa shape index (κ2) is 8.78. The molecule has 0 saturated heterocycles. The minimum absolute atomic E-state index is 0.281. The lowest BCUT2D eigenvalue weighted by molar-refractivity contribution is 0.0955. The SMILES string of the molecule is Cc1ccc(-c2ccc(/C=N\NC(=O)c3ccc(-n4c(C)ccc4C)cc3)o2)c(Br)c1. The van der Waals surface area contributed by atoms with E-state index in [1.165, 1.54) is 11.8 Å². The Morgan fingerprint density at radius 1 is 0.968 bits per heavy atom. The second-order valence-corrected chi connectivity index (χ2v) is 8.24. The number of aryl methyl sites for hydroxylation is 3. The van der Waals surface area contributed by atoms with Gasteiger partial charge in [0.1, 0.15) is 11.5 Å². The van der Waals surface area contributed by atoms with Crippen LogP contribution in [0.2, 0.25) is 0 Å². The van der Waals surface area contributed by atoms with Crippen LogP contribution in [0.25, 0.3) is 17.0 Å². The van der Waals surface area contributed by atoms with E-state index in [9.17, 15) is 4.79 Å². The Hall–Kier alpha value is -3.38. The van der Waals surface area contributed by atoms with E-state index in [0.717, 1.165) is 32.9 Å². The lowest BCUT2D eigenvalue weighted by atomic mass is 10.1. The second-order valence-electron chi connectivity index (χ2n) is 7.38. The average Bonchev–Trinajstić information content (AvgIpc) is 3.34. The summed E-state index contributed by atoms with van der Waals surface area (Å²) < 4.78 is 8.93. The highest BCUT2D eigenvalue weighted by molar-refractivity contribution is 9.10. The van der Waals surface area contributed by atoms with Crippen molar-refractivity contribution in [3.63, 3.8) is 0 Å². The molecular weight excluding hydrogens is 454 g/mol. The van der Waals surface area contributed by atoms with Crippen molar-refractivity contribution in [1.82, 2.24) is 9.99 Å². The quantitative estimate of drug-likeness (QED) is 0.276. The van der Waals surface area contributed by atoms with E-state index >= 15 is 0 Å². The third-order valence-electron chi connectivity index (χ3n) is 5.03. The highest BCUT2D eigenvalue weighted by atomic mass is 79.9. The number of hydrazone groups is 1. The fourth-order valence-electron chi connectivity index (χ4n) is 3.44. The fourth-order valence-corrected chi connectivity index (χ4v) is 4.13. The van der Waals surface area contributed by atoms with Gasteiger partial charge < -0.3 is 8.98 Å². The van der Waals surface area contributed by atoms with Crippen molar-refractivity contribution in [3.8, 4) is 17.0 Å². The van der Waals surface area contributed by atoms with Gasteiger partial charge in [-0.25, -0.2) is 5.43 Å². The molecule has 1 amide bonds. The zero-order valence-corrected chi connectivity index (χ0v) is 19.1. The summed E-state index contributed by atoms with van der Waals surface area (Å²) in [6.45, 7) is 6.15. The molecule has 4 rings (SSSR count). The first-order chi connectivity index (χ1) is 14.9. The average molecular weight is 476 g/mol. The predicted octanol–water partition coefficient (Wildman–Crippen LogP) is 6.19. The third-order valence-corrected chi connectivity index (χ3v) is 5.69. The van der Waals surface area contributed by atoms with Gasteiger partial charge in [-0.2, -0.15) is 5.10 Å². The van der Waals surface area contributed by atoms with Gasteiger partial charge in [-0.05, 0) is 87.0 Å². The molecule has 0 saturated carbocycles. The summed E-state index contributed by atoms with van der Waals surface area (Å²) in [5, 5.41) is 4.03. The predicted molar refractivity (Wildman–Crippen MR) is 127 cm³/mol. The summed E-state index contributed by atoms with van der Waals surface area (Å²) in [6, 6.07) is 21.3. The van der Waals surface area contributed by atoms with Crippen molar-refractivity contribution >= 4 is 28.1 Å². The maximum atomic E-state index is 12.4. The van der Waals surface area contributed by atoms with Gasteiger partial charge in [0, 0.05) is 32.7 Å². The smallest absolute Gasteiger partial charge is 0.271 e. The maximum absolute atomic E-state index is 12.4. The van der Waals surface area contributed by atoms with E-state index in [0.29, 0.717) is 11.3 Å². The fraction of sp³-hybridized carbons (Fsp3) is 0.120. The van der Waals surface area contributed by atoms with E-state index < -0.39 is 0 Å². The normalized spacial score (nSPS) is 11.2. The molecule has 0 aliphatic carbocycles. The van der Waals surface area contributed by atoms with E-state index in [1.54, 1.807) is 12.1 Å². The van der Waals surface area contributed by atoms with Gasteiger partial charge in [0.15, 0.2) is 0 Å². The Balaban J connectivity index is 1.41. The molecule has 0 atom stereocenters. The third kappa shape index (κ3) is 4.54. The van der Waals surface area contributed by atoms with E-state index in [-0.39, 0.29) is 5.91 Å². The summed E-state index contributed by atoms with van der Waals surface area (Å²) in [5.74, 6) is 0.999. The molecule has 6 heteroatoms. The summed E-state index contributed by atoms with van der Waals surface area (Å²) in [6.07, 6.45) is 1.49. The van der Waals surface area contributed by atoms with E-state index in [4.69, 9.17) is 4.42 Å². The molecule has 0 aliphatic rings. The maximum Gasteiger partial charge on any atom is 0.271 e. The number of furan rings is 1. The molecule has 0 aliphatic heterocycles. The minimum atomic E-state index is -0.281. The van der Waals surface area contributed by atoms with Crippen LogP contribution in [-0.4, -0.2) is 16.7 Å². The summed E-state index contributed by atoms with van der Waals surface area (Å²) in [7, 11) is 0. The first-order valence-corrected chi connectivity index (χ1v) is 10.7. The molecule has 2 heterocycles. The molecular formula is C25H22BrN3O2. The van der Waals surface area contributed by atoms with Crippen LogP contribution in [0.3, 0.4) is 0 Å². The molecule has 0 radical (unpaired) electrons.